The summed E-state index contributed by atoms with van der Waals surface area (Å²) in [6.45, 7) is 0. The molecule has 31 heavy (non-hydrogen) atoms. The van der Waals surface area contributed by atoms with E-state index in [1.54, 1.807) is 36.4 Å². The van der Waals surface area contributed by atoms with Crippen LogP contribution >= 0.6 is 11.8 Å². The van der Waals surface area contributed by atoms with E-state index in [9.17, 15) is 19.3 Å². The van der Waals surface area contributed by atoms with E-state index in [-0.39, 0.29) is 22.3 Å². The van der Waals surface area contributed by atoms with E-state index < -0.39 is 16.3 Å². The first-order valence-corrected chi connectivity index (χ1v) is 10.2. The monoisotopic (exact) mass is 437 g/mol. The van der Waals surface area contributed by atoms with Gasteiger partial charge in [0.1, 0.15) is 11.6 Å². The van der Waals surface area contributed by atoms with Crippen molar-refractivity contribution in [1.29, 1.82) is 0 Å². The molecule has 0 amide bonds. The van der Waals surface area contributed by atoms with Crippen LogP contribution in [0.3, 0.4) is 0 Å². The van der Waals surface area contributed by atoms with Gasteiger partial charge in [0.05, 0.1) is 28.6 Å². The van der Waals surface area contributed by atoms with Crippen molar-refractivity contribution < 1.29 is 14.1 Å². The highest BCUT2D eigenvalue weighted by Crippen LogP contribution is 2.31. The topological polar surface area (TPSA) is 87.3 Å². The number of thioether (sulfide) groups is 1. The zero-order valence-corrected chi connectivity index (χ0v) is 17.1. The summed E-state index contributed by atoms with van der Waals surface area (Å²) in [6.07, 6.45) is 0. The van der Waals surface area contributed by atoms with Crippen molar-refractivity contribution in [3.63, 3.8) is 0 Å². The number of methoxy groups -OCH3 is 1. The molecular formula is C22H16FN3O4S. The van der Waals surface area contributed by atoms with Crippen LogP contribution in [-0.4, -0.2) is 21.6 Å². The van der Waals surface area contributed by atoms with Gasteiger partial charge in [0.2, 0.25) is 0 Å². The molecule has 0 aliphatic heterocycles. The summed E-state index contributed by atoms with van der Waals surface area (Å²) < 4.78 is 21.1. The van der Waals surface area contributed by atoms with E-state index in [2.05, 4.69) is 4.98 Å². The molecule has 3 aromatic carbocycles. The molecule has 0 fully saturated rings. The molecule has 0 atom stereocenters. The lowest BCUT2D eigenvalue weighted by molar-refractivity contribution is -0.384. The first-order valence-electron chi connectivity index (χ1n) is 9.20. The fraction of sp³-hybridized carbons (Fsp3) is 0.0909. The van der Waals surface area contributed by atoms with Crippen LogP contribution in [0.25, 0.3) is 16.6 Å². The molecule has 4 rings (SSSR count). The molecule has 4 aromatic rings. The lowest BCUT2D eigenvalue weighted by Crippen LogP contribution is -2.22. The number of aromatic nitrogens is 2. The largest absolute Gasteiger partial charge is 0.496 e. The number of hydrogen-bond acceptors (Lipinski definition) is 6. The Bertz CT molecular complexity index is 1360. The maximum absolute atomic E-state index is 14.6. The van der Waals surface area contributed by atoms with E-state index in [4.69, 9.17) is 4.74 Å². The van der Waals surface area contributed by atoms with Crippen LogP contribution in [0.4, 0.5) is 10.1 Å². The second-order valence-electron chi connectivity index (χ2n) is 6.55. The fourth-order valence-electron chi connectivity index (χ4n) is 3.19. The maximum atomic E-state index is 14.6. The molecule has 0 saturated carbocycles. The van der Waals surface area contributed by atoms with Crippen molar-refractivity contribution in [3.8, 4) is 11.4 Å². The van der Waals surface area contributed by atoms with Crippen molar-refractivity contribution in [2.45, 2.75) is 10.9 Å². The van der Waals surface area contributed by atoms with Crippen LogP contribution in [0.1, 0.15) is 5.56 Å². The average Bonchev–Trinajstić information content (AvgIpc) is 2.78. The molecular weight excluding hydrogens is 421 g/mol. The molecule has 156 valence electrons. The molecule has 9 heteroatoms. The van der Waals surface area contributed by atoms with Crippen molar-refractivity contribution in [3.05, 3.63) is 98.6 Å². The summed E-state index contributed by atoms with van der Waals surface area (Å²) in [4.78, 5) is 28.4. The first-order chi connectivity index (χ1) is 15.0. The van der Waals surface area contributed by atoms with E-state index >= 15 is 0 Å². The van der Waals surface area contributed by atoms with E-state index in [0.717, 1.165) is 0 Å². The van der Waals surface area contributed by atoms with Crippen molar-refractivity contribution in [2.75, 3.05) is 7.11 Å². The summed E-state index contributed by atoms with van der Waals surface area (Å²) in [5.41, 5.74) is 0.649. The Morgan fingerprint density at radius 2 is 1.87 bits per heavy atom. The van der Waals surface area contributed by atoms with Gasteiger partial charge < -0.3 is 4.74 Å². The molecule has 0 N–H and O–H groups in total. The molecule has 1 heterocycles. The third kappa shape index (κ3) is 3.99. The SMILES string of the molecule is COc1ccc([N+](=O)[O-])cc1CSc1nc2ccccc2c(=O)n1-c1ccccc1F. The van der Waals surface area contributed by atoms with Crippen LogP contribution in [0.2, 0.25) is 0 Å². The first kappa shape index (κ1) is 20.5. The number of rotatable bonds is 6. The van der Waals surface area contributed by atoms with Gasteiger partial charge in [0.15, 0.2) is 5.16 Å². The molecule has 0 unspecified atom stereocenters. The normalized spacial score (nSPS) is 10.9. The minimum absolute atomic E-state index is 0.0747. The average molecular weight is 437 g/mol. The highest BCUT2D eigenvalue weighted by atomic mass is 32.2. The fourth-order valence-corrected chi connectivity index (χ4v) is 4.17. The van der Waals surface area contributed by atoms with E-state index in [1.165, 1.54) is 53.8 Å². The lowest BCUT2D eigenvalue weighted by Gasteiger charge is -2.14. The summed E-state index contributed by atoms with van der Waals surface area (Å²) in [5, 5.41) is 11.8. The third-order valence-corrected chi connectivity index (χ3v) is 5.66. The van der Waals surface area contributed by atoms with Crippen LogP contribution in [0, 0.1) is 15.9 Å². The number of halogens is 1. The van der Waals surface area contributed by atoms with Gasteiger partial charge in [-0.1, -0.05) is 36.0 Å². The Morgan fingerprint density at radius 3 is 2.61 bits per heavy atom. The lowest BCUT2D eigenvalue weighted by atomic mass is 10.2. The van der Waals surface area contributed by atoms with Crippen molar-refractivity contribution in [1.82, 2.24) is 9.55 Å². The molecule has 0 aliphatic carbocycles. The number of para-hydroxylation sites is 2. The van der Waals surface area contributed by atoms with E-state index in [1.807, 2.05) is 0 Å². The summed E-state index contributed by atoms with van der Waals surface area (Å²) in [6, 6.07) is 17.1. The number of nitro benzene ring substituents is 1. The number of fused-ring (bicyclic) bond motifs is 1. The Morgan fingerprint density at radius 1 is 1.13 bits per heavy atom. The second-order valence-corrected chi connectivity index (χ2v) is 7.49. The van der Waals surface area contributed by atoms with Gasteiger partial charge in [-0.2, -0.15) is 0 Å². The Balaban J connectivity index is 1.84. The van der Waals surface area contributed by atoms with Gasteiger partial charge in [-0.3, -0.25) is 19.5 Å². The smallest absolute Gasteiger partial charge is 0.270 e. The summed E-state index contributed by atoms with van der Waals surface area (Å²) >= 11 is 1.17. The van der Waals surface area contributed by atoms with Crippen LogP contribution in [-0.2, 0) is 5.75 Å². The Hall–Kier alpha value is -3.72. The quantitative estimate of drug-likeness (QED) is 0.188. The molecule has 0 aliphatic rings. The second kappa shape index (κ2) is 8.57. The van der Waals surface area contributed by atoms with Gasteiger partial charge in [-0.25, -0.2) is 9.37 Å². The molecule has 1 aromatic heterocycles. The zero-order valence-electron chi connectivity index (χ0n) is 16.3. The number of nitro groups is 1. The van der Waals surface area contributed by atoms with Crippen molar-refractivity contribution >= 4 is 28.4 Å². The molecule has 7 nitrogen and oxygen atoms in total. The minimum atomic E-state index is -0.559. The van der Waals surface area contributed by atoms with Crippen molar-refractivity contribution in [2.24, 2.45) is 0 Å². The van der Waals surface area contributed by atoms with Gasteiger partial charge in [-0.05, 0) is 30.3 Å². The Labute approximate surface area is 180 Å². The predicted molar refractivity (Wildman–Crippen MR) is 117 cm³/mol. The standard InChI is InChI=1S/C22H16FN3O4S/c1-30-20-11-10-15(26(28)29)12-14(20)13-31-22-24-18-8-4-2-6-16(18)21(27)25(22)19-9-5-3-7-17(19)23/h2-12H,13H2,1H3. The van der Waals surface area contributed by atoms with E-state index in [0.29, 0.717) is 22.2 Å². The number of nitrogens with zero attached hydrogens (tertiary/aromatic N) is 3. The highest BCUT2D eigenvalue weighted by Gasteiger charge is 2.18. The van der Waals surface area contributed by atoms with Crippen LogP contribution in [0.5, 0.6) is 5.75 Å². The zero-order chi connectivity index (χ0) is 22.0. The summed E-state index contributed by atoms with van der Waals surface area (Å²) in [7, 11) is 1.47. The Kier molecular flexibility index (Phi) is 5.68. The van der Waals surface area contributed by atoms with Gasteiger partial charge >= 0.3 is 0 Å². The number of non-ortho nitro benzene ring substituents is 1. The summed E-state index contributed by atoms with van der Waals surface area (Å²) in [5.74, 6) is 0.138. The third-order valence-electron chi connectivity index (χ3n) is 4.67. The number of benzene rings is 3. The maximum Gasteiger partial charge on any atom is 0.270 e. The molecule has 0 saturated heterocycles. The van der Waals surface area contributed by atoms with Gasteiger partial charge in [0.25, 0.3) is 11.2 Å². The predicted octanol–water partition coefficient (Wildman–Crippen LogP) is 4.73. The minimum Gasteiger partial charge on any atom is -0.496 e. The van der Waals surface area contributed by atoms with Gasteiger partial charge in [-0.15, -0.1) is 0 Å². The molecule has 0 bridgehead atoms. The molecule has 0 spiro atoms. The highest BCUT2D eigenvalue weighted by molar-refractivity contribution is 7.98. The molecule has 0 radical (unpaired) electrons. The van der Waals surface area contributed by atoms with Crippen LogP contribution < -0.4 is 10.3 Å². The number of hydrogen-bond donors (Lipinski definition) is 0. The number of ether oxygens (including phenoxy) is 1. The van der Waals surface area contributed by atoms with Gasteiger partial charge in [0, 0.05) is 23.4 Å². The van der Waals surface area contributed by atoms with Crippen LogP contribution in [0.15, 0.2) is 76.7 Å².